The quantitative estimate of drug-likeness (QED) is 0.620. The summed E-state index contributed by atoms with van der Waals surface area (Å²) in [5, 5.41) is 10.1. The van der Waals surface area contributed by atoms with Gasteiger partial charge in [-0.3, -0.25) is 9.80 Å². The summed E-state index contributed by atoms with van der Waals surface area (Å²) in [4.78, 5) is 29.5. The molecule has 0 bridgehead atoms. The van der Waals surface area contributed by atoms with E-state index in [1.807, 2.05) is 12.1 Å². The number of para-hydroxylation sites is 1. The molecule has 7 nitrogen and oxygen atoms in total. The lowest BCUT2D eigenvalue weighted by Gasteiger charge is -2.35. The van der Waals surface area contributed by atoms with Crippen molar-refractivity contribution in [3.63, 3.8) is 0 Å². The van der Waals surface area contributed by atoms with Crippen molar-refractivity contribution < 1.29 is 14.7 Å². The predicted molar refractivity (Wildman–Crippen MR) is 125 cm³/mol. The van der Waals surface area contributed by atoms with Crippen LogP contribution >= 0.6 is 24.0 Å². The van der Waals surface area contributed by atoms with E-state index in [-0.39, 0.29) is 18.0 Å². The van der Waals surface area contributed by atoms with Gasteiger partial charge in [0.15, 0.2) is 0 Å². The van der Waals surface area contributed by atoms with Gasteiger partial charge in [0.1, 0.15) is 0 Å². The highest BCUT2D eigenvalue weighted by Crippen LogP contribution is 2.21. The van der Waals surface area contributed by atoms with Crippen LogP contribution < -0.4 is 10.6 Å². The molecule has 0 aromatic heterocycles. The fraction of sp³-hybridized carbons (Fsp3) is 0.364. The minimum Gasteiger partial charge on any atom is -0.478 e. The fourth-order valence-corrected chi connectivity index (χ4v) is 3.84. The number of piperazine rings is 1. The third-order valence-electron chi connectivity index (χ3n) is 5.33. The van der Waals surface area contributed by atoms with Gasteiger partial charge in [0.2, 0.25) is 0 Å². The van der Waals surface area contributed by atoms with Gasteiger partial charge in [-0.25, -0.2) is 9.59 Å². The van der Waals surface area contributed by atoms with Gasteiger partial charge in [0.25, 0.3) is 0 Å². The van der Waals surface area contributed by atoms with Gasteiger partial charge in [-0.05, 0) is 42.8 Å². The van der Waals surface area contributed by atoms with Gasteiger partial charge in [-0.2, -0.15) is 0 Å². The van der Waals surface area contributed by atoms with Crippen LogP contribution in [-0.2, 0) is 6.54 Å². The standard InChI is InChI=1S/C22H27ClN4O3.ClH/c23-18-8-6-17(7-9-18)16-26-14-12-25(13-15-26)10-3-11-27(22(24)30)20-5-2-1-4-19(20)21(28)29;/h1-2,4-9H,3,10-16H2,(H2,24,30)(H,28,29);1H. The van der Waals surface area contributed by atoms with E-state index in [1.165, 1.54) is 16.5 Å². The maximum atomic E-state index is 11.9. The number of benzene rings is 2. The maximum absolute atomic E-state index is 11.9. The van der Waals surface area contributed by atoms with Crippen LogP contribution in [0.3, 0.4) is 0 Å². The zero-order valence-corrected chi connectivity index (χ0v) is 18.8. The molecule has 2 aromatic carbocycles. The Kier molecular flexibility index (Phi) is 9.58. The molecule has 168 valence electrons. The minimum absolute atomic E-state index is 0. The first-order valence-corrected chi connectivity index (χ1v) is 10.4. The fourth-order valence-electron chi connectivity index (χ4n) is 3.71. The Morgan fingerprint density at radius 2 is 1.61 bits per heavy atom. The molecule has 1 aliphatic heterocycles. The SMILES string of the molecule is Cl.NC(=O)N(CCCN1CCN(Cc2ccc(Cl)cc2)CC1)c1ccccc1C(=O)O. The average Bonchev–Trinajstić information content (AvgIpc) is 2.74. The van der Waals surface area contributed by atoms with Crippen molar-refractivity contribution in [1.82, 2.24) is 9.80 Å². The number of nitrogens with zero attached hydrogens (tertiary/aromatic N) is 3. The summed E-state index contributed by atoms with van der Waals surface area (Å²) < 4.78 is 0. The van der Waals surface area contributed by atoms with Gasteiger partial charge in [-0.15, -0.1) is 12.4 Å². The third kappa shape index (κ3) is 7.11. The van der Waals surface area contributed by atoms with Gasteiger partial charge < -0.3 is 15.7 Å². The third-order valence-corrected chi connectivity index (χ3v) is 5.58. The number of hydrogen-bond acceptors (Lipinski definition) is 4. The number of carboxylic acid groups (broad SMARTS) is 1. The Labute approximate surface area is 193 Å². The largest absolute Gasteiger partial charge is 0.478 e. The molecule has 0 radical (unpaired) electrons. The highest BCUT2D eigenvalue weighted by Gasteiger charge is 2.21. The molecule has 9 heteroatoms. The van der Waals surface area contributed by atoms with Crippen molar-refractivity contribution in [1.29, 1.82) is 0 Å². The number of aromatic carboxylic acids is 1. The van der Waals surface area contributed by atoms with Crippen LogP contribution in [0.4, 0.5) is 10.5 Å². The summed E-state index contributed by atoms with van der Waals surface area (Å²) in [5.74, 6) is -1.08. The highest BCUT2D eigenvalue weighted by atomic mass is 35.5. The van der Waals surface area contributed by atoms with Crippen LogP contribution in [0, 0.1) is 0 Å². The molecular formula is C22H28Cl2N4O3. The van der Waals surface area contributed by atoms with Crippen LogP contribution in [0.2, 0.25) is 5.02 Å². The first-order valence-electron chi connectivity index (χ1n) is 10.0. The van der Waals surface area contributed by atoms with E-state index in [0.29, 0.717) is 18.7 Å². The van der Waals surface area contributed by atoms with Crippen molar-refractivity contribution in [2.75, 3.05) is 44.2 Å². The van der Waals surface area contributed by atoms with E-state index in [2.05, 4.69) is 21.9 Å². The summed E-state index contributed by atoms with van der Waals surface area (Å²) >= 11 is 5.95. The van der Waals surface area contributed by atoms with Crippen LogP contribution in [0.15, 0.2) is 48.5 Å². The number of anilines is 1. The van der Waals surface area contributed by atoms with Crippen molar-refractivity contribution in [3.8, 4) is 0 Å². The smallest absolute Gasteiger partial charge is 0.337 e. The Balaban J connectivity index is 0.00000341. The molecule has 2 aromatic rings. The number of hydrogen-bond donors (Lipinski definition) is 2. The number of urea groups is 1. The van der Waals surface area contributed by atoms with Gasteiger partial charge in [-0.1, -0.05) is 35.9 Å². The number of primary amides is 1. The first-order chi connectivity index (χ1) is 14.4. The van der Waals surface area contributed by atoms with Gasteiger partial charge in [0.05, 0.1) is 11.3 Å². The van der Waals surface area contributed by atoms with E-state index in [1.54, 1.807) is 18.2 Å². The summed E-state index contributed by atoms with van der Waals surface area (Å²) in [7, 11) is 0. The topological polar surface area (TPSA) is 90.1 Å². The maximum Gasteiger partial charge on any atom is 0.337 e. The summed E-state index contributed by atoms with van der Waals surface area (Å²) in [6, 6.07) is 13.7. The Bertz CT molecular complexity index is 871. The van der Waals surface area contributed by atoms with Crippen LogP contribution in [-0.4, -0.2) is 66.2 Å². The normalized spacial score (nSPS) is 14.6. The molecule has 31 heavy (non-hydrogen) atoms. The molecule has 1 saturated heterocycles. The number of carbonyl (C=O) groups excluding carboxylic acids is 1. The number of halogens is 2. The lowest BCUT2D eigenvalue weighted by Crippen LogP contribution is -2.47. The molecule has 0 saturated carbocycles. The average molecular weight is 467 g/mol. The Morgan fingerprint density at radius 1 is 1.00 bits per heavy atom. The van der Waals surface area contributed by atoms with Crippen molar-refractivity contribution in [2.45, 2.75) is 13.0 Å². The van der Waals surface area contributed by atoms with E-state index < -0.39 is 12.0 Å². The molecule has 0 unspecified atom stereocenters. The predicted octanol–water partition coefficient (Wildman–Crippen LogP) is 3.55. The molecule has 1 heterocycles. The second kappa shape index (κ2) is 11.9. The lowest BCUT2D eigenvalue weighted by atomic mass is 10.1. The van der Waals surface area contributed by atoms with E-state index in [4.69, 9.17) is 17.3 Å². The number of carboxylic acids is 1. The monoisotopic (exact) mass is 466 g/mol. The van der Waals surface area contributed by atoms with E-state index in [9.17, 15) is 14.7 Å². The molecule has 3 rings (SSSR count). The van der Waals surface area contributed by atoms with Gasteiger partial charge in [0, 0.05) is 44.3 Å². The summed E-state index contributed by atoms with van der Waals surface area (Å²) in [6.07, 6.45) is 0.716. The molecule has 1 aliphatic rings. The van der Waals surface area contributed by atoms with Crippen LogP contribution in [0.25, 0.3) is 0 Å². The van der Waals surface area contributed by atoms with Crippen LogP contribution in [0.5, 0.6) is 0 Å². The molecule has 0 spiro atoms. The zero-order chi connectivity index (χ0) is 21.5. The zero-order valence-electron chi connectivity index (χ0n) is 17.2. The number of carbonyl (C=O) groups is 2. The number of nitrogens with two attached hydrogens (primary N) is 1. The Hall–Kier alpha value is -2.32. The van der Waals surface area contributed by atoms with Gasteiger partial charge >= 0.3 is 12.0 Å². The number of amides is 2. The Morgan fingerprint density at radius 3 is 2.23 bits per heavy atom. The molecular weight excluding hydrogens is 439 g/mol. The number of rotatable bonds is 8. The molecule has 2 amide bonds. The second-order valence-corrected chi connectivity index (χ2v) is 7.85. The summed E-state index contributed by atoms with van der Waals surface area (Å²) in [6.45, 7) is 5.98. The van der Waals surface area contributed by atoms with Crippen LogP contribution in [0.1, 0.15) is 22.3 Å². The molecule has 0 aliphatic carbocycles. The van der Waals surface area contributed by atoms with E-state index in [0.717, 1.165) is 44.3 Å². The molecule has 3 N–H and O–H groups in total. The van der Waals surface area contributed by atoms with Crippen molar-refractivity contribution >= 4 is 41.7 Å². The minimum atomic E-state index is -1.08. The van der Waals surface area contributed by atoms with Crippen molar-refractivity contribution in [3.05, 3.63) is 64.7 Å². The summed E-state index contributed by atoms with van der Waals surface area (Å²) in [5.41, 5.74) is 7.19. The van der Waals surface area contributed by atoms with E-state index >= 15 is 0 Å². The second-order valence-electron chi connectivity index (χ2n) is 7.41. The highest BCUT2D eigenvalue weighted by molar-refractivity contribution is 6.30. The van der Waals surface area contributed by atoms with Crippen molar-refractivity contribution in [2.24, 2.45) is 5.73 Å². The lowest BCUT2D eigenvalue weighted by molar-refractivity contribution is 0.0697. The molecule has 0 atom stereocenters. The first kappa shape index (κ1) is 24.9. The molecule has 1 fully saturated rings.